The molecule has 0 unspecified atom stereocenters. The largest absolute Gasteiger partial charge is 0.353 e. The van der Waals surface area contributed by atoms with Crippen LogP contribution in [0.25, 0.3) is 17.2 Å². The van der Waals surface area contributed by atoms with Crippen molar-refractivity contribution >= 4 is 11.7 Å². The van der Waals surface area contributed by atoms with Gasteiger partial charge >= 0.3 is 0 Å². The molecular weight excluding hydrogens is 390 g/mol. The van der Waals surface area contributed by atoms with Crippen molar-refractivity contribution in [2.75, 3.05) is 0 Å². The van der Waals surface area contributed by atoms with Gasteiger partial charge in [0.2, 0.25) is 11.7 Å². The Bertz CT molecular complexity index is 1300. The molecule has 1 amide bonds. The molecule has 1 fully saturated rings. The third-order valence-corrected chi connectivity index (χ3v) is 5.62. The van der Waals surface area contributed by atoms with Crippen LogP contribution in [-0.2, 0) is 17.8 Å². The van der Waals surface area contributed by atoms with E-state index in [2.05, 4.69) is 10.4 Å². The van der Waals surface area contributed by atoms with Gasteiger partial charge in [-0.2, -0.15) is 9.50 Å². The van der Waals surface area contributed by atoms with Gasteiger partial charge in [-0.1, -0.05) is 60.7 Å². The predicted molar refractivity (Wildman–Crippen MR) is 118 cm³/mol. The predicted octanol–water partition coefficient (Wildman–Crippen LogP) is 2.74. The Kier molecular flexibility index (Phi) is 4.86. The van der Waals surface area contributed by atoms with Crippen molar-refractivity contribution in [1.82, 2.24) is 24.5 Å². The summed E-state index contributed by atoms with van der Waals surface area (Å²) in [5.74, 6) is 0.826. The van der Waals surface area contributed by atoms with Gasteiger partial charge in [0.1, 0.15) is 0 Å². The Balaban J connectivity index is 1.65. The molecule has 1 saturated carbocycles. The quantitative estimate of drug-likeness (QED) is 0.527. The standard InChI is InChI=1S/C24H23N5O2/c1-16-20(14-21(30)25-19-12-13-19)23(31)29-24(28(16)15-17-8-4-2-5-9-17)26-22(27-29)18-10-6-3-7-11-18/h2-11,19H,12-15H2,1H3,(H,25,30). The van der Waals surface area contributed by atoms with Crippen molar-refractivity contribution in [3.63, 3.8) is 0 Å². The van der Waals surface area contributed by atoms with E-state index in [1.54, 1.807) is 0 Å². The maximum Gasteiger partial charge on any atom is 0.279 e. The highest BCUT2D eigenvalue weighted by Crippen LogP contribution is 2.20. The van der Waals surface area contributed by atoms with E-state index in [4.69, 9.17) is 4.98 Å². The number of nitrogens with zero attached hydrogens (tertiary/aromatic N) is 4. The molecule has 1 aliphatic carbocycles. The average molecular weight is 413 g/mol. The number of hydrogen-bond donors (Lipinski definition) is 1. The summed E-state index contributed by atoms with van der Waals surface area (Å²) in [6.45, 7) is 2.40. The Morgan fingerprint density at radius 2 is 1.74 bits per heavy atom. The molecule has 0 saturated heterocycles. The van der Waals surface area contributed by atoms with Gasteiger partial charge in [0.15, 0.2) is 5.82 Å². The van der Waals surface area contributed by atoms with Crippen LogP contribution in [0.5, 0.6) is 0 Å². The average Bonchev–Trinajstić information content (AvgIpc) is 3.49. The first kappa shape index (κ1) is 19.2. The summed E-state index contributed by atoms with van der Waals surface area (Å²) in [5, 5.41) is 7.48. The highest BCUT2D eigenvalue weighted by molar-refractivity contribution is 5.79. The molecule has 5 rings (SSSR count). The molecule has 0 bridgehead atoms. The van der Waals surface area contributed by atoms with Gasteiger partial charge in [-0.15, -0.1) is 5.10 Å². The monoisotopic (exact) mass is 413 g/mol. The summed E-state index contributed by atoms with van der Waals surface area (Å²) in [6, 6.07) is 19.8. The van der Waals surface area contributed by atoms with Crippen LogP contribution in [0.2, 0.25) is 0 Å². The van der Waals surface area contributed by atoms with Crippen molar-refractivity contribution in [3.05, 3.63) is 87.8 Å². The maximum absolute atomic E-state index is 13.3. The molecule has 0 atom stereocenters. The minimum absolute atomic E-state index is 0.0342. The van der Waals surface area contributed by atoms with Gasteiger partial charge in [-0.25, -0.2) is 0 Å². The van der Waals surface area contributed by atoms with Crippen molar-refractivity contribution in [3.8, 4) is 11.4 Å². The van der Waals surface area contributed by atoms with Gasteiger partial charge in [-0.05, 0) is 25.3 Å². The maximum atomic E-state index is 13.3. The molecular formula is C24H23N5O2. The summed E-state index contributed by atoms with van der Waals surface area (Å²) < 4.78 is 3.30. The van der Waals surface area contributed by atoms with Crippen LogP contribution in [-0.4, -0.2) is 31.1 Å². The van der Waals surface area contributed by atoms with Crippen molar-refractivity contribution in [2.24, 2.45) is 0 Å². The Labute approximate surface area is 179 Å². The molecule has 1 aliphatic rings. The van der Waals surface area contributed by atoms with E-state index in [1.807, 2.05) is 72.2 Å². The van der Waals surface area contributed by atoms with Crippen LogP contribution in [0.1, 0.15) is 29.7 Å². The van der Waals surface area contributed by atoms with Crippen molar-refractivity contribution in [1.29, 1.82) is 0 Å². The number of benzene rings is 2. The van der Waals surface area contributed by atoms with Crippen LogP contribution in [0, 0.1) is 6.92 Å². The Morgan fingerprint density at radius 1 is 1.06 bits per heavy atom. The van der Waals surface area contributed by atoms with Crippen LogP contribution >= 0.6 is 0 Å². The summed E-state index contributed by atoms with van der Waals surface area (Å²) in [6.07, 6.45) is 2.05. The lowest BCUT2D eigenvalue weighted by atomic mass is 10.1. The molecule has 7 nitrogen and oxygen atoms in total. The first-order valence-corrected chi connectivity index (χ1v) is 10.5. The van der Waals surface area contributed by atoms with Gasteiger partial charge in [-0.3, -0.25) is 9.59 Å². The summed E-state index contributed by atoms with van der Waals surface area (Å²) in [5.41, 5.74) is 2.80. The van der Waals surface area contributed by atoms with E-state index in [0.29, 0.717) is 23.7 Å². The number of nitrogens with one attached hydrogen (secondary N) is 1. The van der Waals surface area contributed by atoms with Crippen LogP contribution in [0.4, 0.5) is 0 Å². The lowest BCUT2D eigenvalue weighted by molar-refractivity contribution is -0.120. The fourth-order valence-corrected chi connectivity index (χ4v) is 3.75. The van der Waals surface area contributed by atoms with Gasteiger partial charge in [0.05, 0.1) is 13.0 Å². The van der Waals surface area contributed by atoms with Gasteiger partial charge in [0.25, 0.3) is 5.56 Å². The number of carbonyl (C=O) groups is 1. The molecule has 7 heteroatoms. The van der Waals surface area contributed by atoms with E-state index in [0.717, 1.165) is 29.7 Å². The van der Waals surface area contributed by atoms with Crippen LogP contribution < -0.4 is 10.9 Å². The SMILES string of the molecule is Cc1c(CC(=O)NC2CC2)c(=O)n2nc(-c3ccccc3)nc2n1Cc1ccccc1. The minimum Gasteiger partial charge on any atom is -0.353 e. The molecule has 31 heavy (non-hydrogen) atoms. The molecule has 0 radical (unpaired) electrons. The molecule has 0 aliphatic heterocycles. The second kappa shape index (κ2) is 7.83. The Morgan fingerprint density at radius 3 is 2.42 bits per heavy atom. The van der Waals surface area contributed by atoms with Gasteiger partial charge < -0.3 is 9.88 Å². The van der Waals surface area contributed by atoms with Crippen LogP contribution in [0.3, 0.4) is 0 Å². The second-order valence-corrected chi connectivity index (χ2v) is 7.97. The fourth-order valence-electron chi connectivity index (χ4n) is 3.75. The zero-order chi connectivity index (χ0) is 21.4. The topological polar surface area (TPSA) is 81.3 Å². The number of fused-ring (bicyclic) bond motifs is 1. The van der Waals surface area contributed by atoms with Crippen molar-refractivity contribution in [2.45, 2.75) is 38.8 Å². The lowest BCUT2D eigenvalue weighted by Crippen LogP contribution is -2.33. The Hall–Kier alpha value is -3.74. The van der Waals surface area contributed by atoms with Crippen molar-refractivity contribution < 1.29 is 4.79 Å². The van der Waals surface area contributed by atoms with Crippen LogP contribution in [0.15, 0.2) is 65.5 Å². The molecule has 1 N–H and O–H groups in total. The van der Waals surface area contributed by atoms with E-state index in [1.165, 1.54) is 4.52 Å². The zero-order valence-electron chi connectivity index (χ0n) is 17.3. The van der Waals surface area contributed by atoms with E-state index >= 15 is 0 Å². The van der Waals surface area contributed by atoms with E-state index in [9.17, 15) is 9.59 Å². The molecule has 0 spiro atoms. The third kappa shape index (κ3) is 3.86. The summed E-state index contributed by atoms with van der Waals surface area (Å²) in [7, 11) is 0. The molecule has 2 aromatic heterocycles. The summed E-state index contributed by atoms with van der Waals surface area (Å²) >= 11 is 0. The fraction of sp³-hybridized carbons (Fsp3) is 0.250. The normalized spacial score (nSPS) is 13.5. The van der Waals surface area contributed by atoms with Gasteiger partial charge in [0, 0.05) is 22.9 Å². The summed E-state index contributed by atoms with van der Waals surface area (Å²) in [4.78, 5) is 30.5. The first-order chi connectivity index (χ1) is 15.1. The zero-order valence-corrected chi connectivity index (χ0v) is 17.3. The highest BCUT2D eigenvalue weighted by Gasteiger charge is 2.25. The molecule has 156 valence electrons. The first-order valence-electron chi connectivity index (χ1n) is 10.5. The van der Waals surface area contributed by atoms with E-state index in [-0.39, 0.29) is 23.9 Å². The molecule has 2 heterocycles. The smallest absolute Gasteiger partial charge is 0.279 e. The molecule has 4 aromatic rings. The third-order valence-electron chi connectivity index (χ3n) is 5.62. The number of rotatable bonds is 6. The molecule has 2 aromatic carbocycles. The number of amides is 1. The number of aromatic nitrogens is 4. The van der Waals surface area contributed by atoms with E-state index < -0.39 is 0 Å². The highest BCUT2D eigenvalue weighted by atomic mass is 16.2. The minimum atomic E-state index is -0.294. The number of carbonyl (C=O) groups excluding carboxylic acids is 1. The second-order valence-electron chi connectivity index (χ2n) is 7.97. The number of hydrogen-bond acceptors (Lipinski definition) is 4. The lowest BCUT2D eigenvalue weighted by Gasteiger charge is -2.15.